The van der Waals surface area contributed by atoms with Crippen LogP contribution in [0.5, 0.6) is 11.5 Å². The quantitative estimate of drug-likeness (QED) is 0.842. The maximum Gasteiger partial charge on any atom is 0.261 e. The molecule has 1 atom stereocenters. The molecule has 128 valence electrons. The van der Waals surface area contributed by atoms with Crippen molar-refractivity contribution in [2.75, 3.05) is 6.61 Å². The molecule has 0 aromatic heterocycles. The smallest absolute Gasteiger partial charge is 0.261 e. The number of rotatable bonds is 7. The molecule has 2 aromatic rings. The van der Waals surface area contributed by atoms with Gasteiger partial charge in [0.1, 0.15) is 11.5 Å². The van der Waals surface area contributed by atoms with Crippen molar-refractivity contribution in [2.24, 2.45) is 0 Å². The number of carbonyl (C=O) groups is 1. The lowest BCUT2D eigenvalue weighted by Crippen LogP contribution is -2.36. The minimum absolute atomic E-state index is 0.152. The Morgan fingerprint density at radius 1 is 1.12 bits per heavy atom. The molecule has 0 heterocycles. The minimum atomic E-state index is -0.564. The zero-order valence-corrected chi connectivity index (χ0v) is 14.8. The first-order valence-corrected chi connectivity index (χ1v) is 8.23. The second kappa shape index (κ2) is 8.39. The summed E-state index contributed by atoms with van der Waals surface area (Å²) < 4.78 is 11.4. The fourth-order valence-electron chi connectivity index (χ4n) is 2.45. The predicted octanol–water partition coefficient (Wildman–Crippen LogP) is 3.79. The number of nitrogens with one attached hydrogen (secondary N) is 1. The second-order valence-corrected chi connectivity index (χ2v) is 5.79. The summed E-state index contributed by atoms with van der Waals surface area (Å²) in [6, 6.07) is 13.6. The van der Waals surface area contributed by atoms with E-state index in [0.29, 0.717) is 13.2 Å². The molecule has 0 bridgehead atoms. The molecule has 0 spiro atoms. The van der Waals surface area contributed by atoms with Crippen molar-refractivity contribution in [2.45, 2.75) is 40.3 Å². The molecule has 0 fully saturated rings. The van der Waals surface area contributed by atoms with Gasteiger partial charge in [0.25, 0.3) is 5.91 Å². The van der Waals surface area contributed by atoms with Crippen LogP contribution in [0.2, 0.25) is 0 Å². The van der Waals surface area contributed by atoms with E-state index >= 15 is 0 Å². The number of carbonyl (C=O) groups excluding carboxylic acids is 1. The highest BCUT2D eigenvalue weighted by atomic mass is 16.5. The average Bonchev–Trinajstić information content (AvgIpc) is 2.56. The van der Waals surface area contributed by atoms with Crippen molar-refractivity contribution in [3.8, 4) is 11.5 Å². The molecule has 0 saturated carbocycles. The summed E-state index contributed by atoms with van der Waals surface area (Å²) in [7, 11) is 0. The maximum absolute atomic E-state index is 12.3. The SMILES string of the molecule is CCOc1ccccc1CNC(=O)[C@H](C)Oc1ccc(C)cc1C. The summed E-state index contributed by atoms with van der Waals surface area (Å²) in [6.07, 6.45) is -0.564. The molecule has 4 heteroatoms. The molecule has 0 unspecified atom stereocenters. The molecule has 0 aliphatic rings. The fraction of sp³-hybridized carbons (Fsp3) is 0.350. The van der Waals surface area contributed by atoms with Gasteiger partial charge in [-0.2, -0.15) is 0 Å². The van der Waals surface area contributed by atoms with Gasteiger partial charge in [0.05, 0.1) is 6.61 Å². The second-order valence-electron chi connectivity index (χ2n) is 5.79. The molecular formula is C20H25NO3. The predicted molar refractivity (Wildman–Crippen MR) is 95.5 cm³/mol. The highest BCUT2D eigenvalue weighted by Gasteiger charge is 2.16. The van der Waals surface area contributed by atoms with Crippen LogP contribution < -0.4 is 14.8 Å². The van der Waals surface area contributed by atoms with Crippen molar-refractivity contribution < 1.29 is 14.3 Å². The maximum atomic E-state index is 12.3. The van der Waals surface area contributed by atoms with Gasteiger partial charge in [-0.1, -0.05) is 35.9 Å². The van der Waals surface area contributed by atoms with E-state index in [2.05, 4.69) is 5.32 Å². The van der Waals surface area contributed by atoms with Crippen LogP contribution in [0.3, 0.4) is 0 Å². The van der Waals surface area contributed by atoms with Crippen LogP contribution in [-0.4, -0.2) is 18.6 Å². The molecule has 2 rings (SSSR count). The van der Waals surface area contributed by atoms with Gasteiger partial charge in [-0.25, -0.2) is 0 Å². The molecule has 0 saturated heterocycles. The standard InChI is InChI=1S/C20H25NO3/c1-5-23-19-9-7-6-8-17(19)13-21-20(22)16(4)24-18-11-10-14(2)12-15(18)3/h6-12,16H,5,13H2,1-4H3,(H,21,22)/t16-/m0/s1. The monoisotopic (exact) mass is 327 g/mol. The fourth-order valence-corrected chi connectivity index (χ4v) is 2.45. The highest BCUT2D eigenvalue weighted by Crippen LogP contribution is 2.20. The van der Waals surface area contributed by atoms with E-state index in [0.717, 1.165) is 22.6 Å². The van der Waals surface area contributed by atoms with Crippen molar-refractivity contribution in [3.63, 3.8) is 0 Å². The Hall–Kier alpha value is -2.49. The van der Waals surface area contributed by atoms with Crippen LogP contribution in [0.25, 0.3) is 0 Å². The number of hydrogen-bond acceptors (Lipinski definition) is 3. The largest absolute Gasteiger partial charge is 0.494 e. The molecule has 2 aromatic carbocycles. The number of aryl methyl sites for hydroxylation is 2. The molecule has 24 heavy (non-hydrogen) atoms. The molecule has 4 nitrogen and oxygen atoms in total. The van der Waals surface area contributed by atoms with Crippen LogP contribution in [0.4, 0.5) is 0 Å². The summed E-state index contributed by atoms with van der Waals surface area (Å²) in [5.74, 6) is 1.38. The number of hydrogen-bond donors (Lipinski definition) is 1. The number of ether oxygens (including phenoxy) is 2. The Balaban J connectivity index is 1.94. The van der Waals surface area contributed by atoms with Crippen molar-refractivity contribution >= 4 is 5.91 Å². The van der Waals surface area contributed by atoms with E-state index in [1.54, 1.807) is 6.92 Å². The summed E-state index contributed by atoms with van der Waals surface area (Å²) in [4.78, 5) is 12.3. The molecule has 0 aliphatic heterocycles. The normalized spacial score (nSPS) is 11.7. The van der Waals surface area contributed by atoms with E-state index in [-0.39, 0.29) is 5.91 Å². The van der Waals surface area contributed by atoms with Gasteiger partial charge < -0.3 is 14.8 Å². The lowest BCUT2D eigenvalue weighted by molar-refractivity contribution is -0.127. The lowest BCUT2D eigenvalue weighted by atomic mass is 10.1. The van der Waals surface area contributed by atoms with Gasteiger partial charge in [-0.3, -0.25) is 4.79 Å². The van der Waals surface area contributed by atoms with E-state index in [4.69, 9.17) is 9.47 Å². The topological polar surface area (TPSA) is 47.6 Å². The van der Waals surface area contributed by atoms with E-state index < -0.39 is 6.10 Å². The van der Waals surface area contributed by atoms with Crippen LogP contribution in [0.15, 0.2) is 42.5 Å². The number of amides is 1. The minimum Gasteiger partial charge on any atom is -0.494 e. The zero-order chi connectivity index (χ0) is 17.5. The van der Waals surface area contributed by atoms with Gasteiger partial charge in [0, 0.05) is 12.1 Å². The first kappa shape index (κ1) is 17.9. The number of para-hydroxylation sites is 1. The van der Waals surface area contributed by atoms with Crippen molar-refractivity contribution in [1.29, 1.82) is 0 Å². The lowest BCUT2D eigenvalue weighted by Gasteiger charge is -2.17. The van der Waals surface area contributed by atoms with E-state index in [1.165, 1.54) is 5.56 Å². The Morgan fingerprint density at radius 3 is 2.58 bits per heavy atom. The summed E-state index contributed by atoms with van der Waals surface area (Å²) in [5, 5.41) is 2.90. The third-order valence-electron chi connectivity index (χ3n) is 3.73. The van der Waals surface area contributed by atoms with Gasteiger partial charge in [-0.15, -0.1) is 0 Å². The molecule has 0 radical (unpaired) electrons. The Labute approximate surface area is 143 Å². The van der Waals surface area contributed by atoms with Crippen LogP contribution in [0.1, 0.15) is 30.5 Å². The molecular weight excluding hydrogens is 302 g/mol. The van der Waals surface area contributed by atoms with Gasteiger partial charge in [-0.05, 0) is 45.4 Å². The van der Waals surface area contributed by atoms with Gasteiger partial charge >= 0.3 is 0 Å². The highest BCUT2D eigenvalue weighted by molar-refractivity contribution is 5.80. The van der Waals surface area contributed by atoms with Gasteiger partial charge in [0.2, 0.25) is 0 Å². The summed E-state index contributed by atoms with van der Waals surface area (Å²) in [6.45, 7) is 8.71. The Morgan fingerprint density at radius 2 is 1.88 bits per heavy atom. The first-order chi connectivity index (χ1) is 11.5. The Bertz CT molecular complexity index is 697. The van der Waals surface area contributed by atoms with Crippen LogP contribution in [0, 0.1) is 13.8 Å². The Kier molecular flexibility index (Phi) is 6.24. The van der Waals surface area contributed by atoms with Crippen molar-refractivity contribution in [1.82, 2.24) is 5.32 Å². The van der Waals surface area contributed by atoms with Gasteiger partial charge in [0.15, 0.2) is 6.10 Å². The zero-order valence-electron chi connectivity index (χ0n) is 14.8. The number of benzene rings is 2. The van der Waals surface area contributed by atoms with E-state index in [9.17, 15) is 4.79 Å². The summed E-state index contributed by atoms with van der Waals surface area (Å²) >= 11 is 0. The molecule has 0 aliphatic carbocycles. The molecule has 1 amide bonds. The third kappa shape index (κ3) is 4.75. The molecule has 1 N–H and O–H groups in total. The summed E-state index contributed by atoms with van der Waals surface area (Å²) in [5.41, 5.74) is 3.15. The average molecular weight is 327 g/mol. The first-order valence-electron chi connectivity index (χ1n) is 8.23. The third-order valence-corrected chi connectivity index (χ3v) is 3.73. The van der Waals surface area contributed by atoms with Crippen LogP contribution >= 0.6 is 0 Å². The van der Waals surface area contributed by atoms with E-state index in [1.807, 2.05) is 63.2 Å². The van der Waals surface area contributed by atoms with Crippen LogP contribution in [-0.2, 0) is 11.3 Å². The van der Waals surface area contributed by atoms with Crippen molar-refractivity contribution in [3.05, 3.63) is 59.2 Å².